The van der Waals surface area contributed by atoms with E-state index in [9.17, 15) is 4.79 Å². The van der Waals surface area contributed by atoms with Gasteiger partial charge in [-0.15, -0.1) is 0 Å². The minimum Gasteiger partial charge on any atom is -0.487 e. The van der Waals surface area contributed by atoms with Gasteiger partial charge in [-0.05, 0) is 19.9 Å². The Bertz CT molecular complexity index is 456. The maximum atomic E-state index is 11.1. The molecule has 1 aliphatic heterocycles. The monoisotopic (exact) mass is 263 g/mol. The molecule has 0 fully saturated rings. The van der Waals surface area contributed by atoms with E-state index in [0.717, 1.165) is 17.7 Å². The molecule has 4 heteroatoms. The molecule has 0 saturated carbocycles. The third-order valence-electron chi connectivity index (χ3n) is 3.32. The van der Waals surface area contributed by atoms with Crippen molar-refractivity contribution in [1.82, 2.24) is 5.32 Å². The van der Waals surface area contributed by atoms with E-state index < -0.39 is 0 Å². The highest BCUT2D eigenvalue weighted by molar-refractivity contribution is 5.69. The Kier molecular flexibility index (Phi) is 4.10. The number of carbonyl (C=O) groups is 1. The number of methoxy groups -OCH3 is 1. The standard InChI is InChI=1S/C15H21NO3/c1-15(2)10-12(16-9-8-14(17)18-3)11-6-4-5-7-13(11)19-15/h4-7,12,16H,8-10H2,1-3H3. The summed E-state index contributed by atoms with van der Waals surface area (Å²) in [6.07, 6.45) is 1.27. The van der Waals surface area contributed by atoms with E-state index in [-0.39, 0.29) is 17.6 Å². The summed E-state index contributed by atoms with van der Waals surface area (Å²) in [6.45, 7) is 4.78. The fraction of sp³-hybridized carbons (Fsp3) is 0.533. The summed E-state index contributed by atoms with van der Waals surface area (Å²) in [4.78, 5) is 11.1. The quantitative estimate of drug-likeness (QED) is 0.848. The van der Waals surface area contributed by atoms with Crippen molar-refractivity contribution >= 4 is 5.97 Å². The Labute approximate surface area is 114 Å². The summed E-state index contributed by atoms with van der Waals surface area (Å²) in [7, 11) is 1.41. The van der Waals surface area contributed by atoms with Crippen molar-refractivity contribution in [2.24, 2.45) is 0 Å². The summed E-state index contributed by atoms with van der Waals surface area (Å²) in [6, 6.07) is 8.26. The van der Waals surface area contributed by atoms with Crippen LogP contribution in [0, 0.1) is 0 Å². The molecule has 0 aliphatic carbocycles. The van der Waals surface area contributed by atoms with Gasteiger partial charge < -0.3 is 14.8 Å². The lowest BCUT2D eigenvalue weighted by molar-refractivity contribution is -0.140. The van der Waals surface area contributed by atoms with Crippen LogP contribution in [0.5, 0.6) is 5.75 Å². The van der Waals surface area contributed by atoms with Gasteiger partial charge in [0, 0.05) is 24.6 Å². The van der Waals surface area contributed by atoms with Crippen molar-refractivity contribution in [2.75, 3.05) is 13.7 Å². The molecule has 1 aliphatic rings. The second-order valence-corrected chi connectivity index (χ2v) is 5.44. The molecule has 0 bridgehead atoms. The van der Waals surface area contributed by atoms with Crippen LogP contribution in [-0.2, 0) is 9.53 Å². The number of fused-ring (bicyclic) bond motifs is 1. The lowest BCUT2D eigenvalue weighted by Gasteiger charge is -2.38. The maximum absolute atomic E-state index is 11.1. The fourth-order valence-corrected chi connectivity index (χ4v) is 2.43. The molecule has 0 amide bonds. The average Bonchev–Trinajstić information content (AvgIpc) is 2.37. The van der Waals surface area contributed by atoms with Crippen LogP contribution < -0.4 is 10.1 Å². The lowest BCUT2D eigenvalue weighted by atomic mass is 9.89. The molecular formula is C15H21NO3. The number of rotatable bonds is 4. The predicted octanol–water partition coefficient (Wildman–Crippen LogP) is 2.44. The van der Waals surface area contributed by atoms with Gasteiger partial charge in [0.05, 0.1) is 13.5 Å². The predicted molar refractivity (Wildman–Crippen MR) is 73.1 cm³/mol. The Morgan fingerprint density at radius 3 is 2.95 bits per heavy atom. The summed E-state index contributed by atoms with van der Waals surface area (Å²) >= 11 is 0. The zero-order valence-electron chi connectivity index (χ0n) is 11.7. The first-order valence-electron chi connectivity index (χ1n) is 6.60. The molecular weight excluding hydrogens is 242 g/mol. The van der Waals surface area contributed by atoms with E-state index in [1.807, 2.05) is 18.2 Å². The molecule has 0 aromatic heterocycles. The summed E-state index contributed by atoms with van der Waals surface area (Å²) in [5.41, 5.74) is 0.962. The number of hydrogen-bond donors (Lipinski definition) is 1. The van der Waals surface area contributed by atoms with Crippen molar-refractivity contribution in [3.8, 4) is 5.75 Å². The van der Waals surface area contributed by atoms with Crippen molar-refractivity contribution in [2.45, 2.75) is 38.3 Å². The molecule has 1 unspecified atom stereocenters. The molecule has 0 spiro atoms. The topological polar surface area (TPSA) is 47.6 Å². The van der Waals surface area contributed by atoms with E-state index in [2.05, 4.69) is 30.0 Å². The third kappa shape index (κ3) is 3.47. The first kappa shape index (κ1) is 13.9. The van der Waals surface area contributed by atoms with E-state index >= 15 is 0 Å². The average molecular weight is 263 g/mol. The molecule has 0 saturated heterocycles. The number of benzene rings is 1. The zero-order valence-corrected chi connectivity index (χ0v) is 11.7. The Hall–Kier alpha value is -1.55. The number of esters is 1. The molecule has 1 N–H and O–H groups in total. The van der Waals surface area contributed by atoms with Crippen LogP contribution in [0.25, 0.3) is 0 Å². The van der Waals surface area contributed by atoms with Crippen LogP contribution in [0.4, 0.5) is 0 Å². The van der Waals surface area contributed by atoms with Crippen molar-refractivity contribution in [3.63, 3.8) is 0 Å². The van der Waals surface area contributed by atoms with Crippen molar-refractivity contribution < 1.29 is 14.3 Å². The highest BCUT2D eigenvalue weighted by Crippen LogP contribution is 2.39. The molecule has 1 heterocycles. The van der Waals surface area contributed by atoms with Gasteiger partial charge in [0.15, 0.2) is 0 Å². The largest absolute Gasteiger partial charge is 0.487 e. The summed E-state index contributed by atoms with van der Waals surface area (Å²) in [5.74, 6) is 0.737. The number of nitrogens with one attached hydrogen (secondary N) is 1. The van der Waals surface area contributed by atoms with Crippen LogP contribution in [0.3, 0.4) is 0 Å². The minimum absolute atomic E-state index is 0.188. The van der Waals surface area contributed by atoms with Crippen molar-refractivity contribution in [3.05, 3.63) is 29.8 Å². The Morgan fingerprint density at radius 2 is 2.21 bits per heavy atom. The van der Waals surface area contributed by atoms with Gasteiger partial charge in [-0.3, -0.25) is 4.79 Å². The number of carbonyl (C=O) groups excluding carboxylic acids is 1. The normalized spacial score (nSPS) is 20.3. The minimum atomic E-state index is -0.197. The first-order valence-corrected chi connectivity index (χ1v) is 6.60. The van der Waals surface area contributed by atoms with E-state index in [0.29, 0.717) is 13.0 Å². The van der Waals surface area contributed by atoms with Gasteiger partial charge in [0.2, 0.25) is 0 Å². The van der Waals surface area contributed by atoms with Gasteiger partial charge in [-0.1, -0.05) is 18.2 Å². The highest BCUT2D eigenvalue weighted by Gasteiger charge is 2.33. The molecule has 1 aromatic rings. The maximum Gasteiger partial charge on any atom is 0.306 e. The van der Waals surface area contributed by atoms with E-state index in [1.54, 1.807) is 0 Å². The van der Waals surface area contributed by atoms with Gasteiger partial charge in [0.25, 0.3) is 0 Å². The highest BCUT2D eigenvalue weighted by atomic mass is 16.5. The molecule has 2 rings (SSSR count). The first-order chi connectivity index (χ1) is 9.02. The van der Waals surface area contributed by atoms with E-state index in [4.69, 9.17) is 4.74 Å². The van der Waals surface area contributed by atoms with Gasteiger partial charge in [-0.2, -0.15) is 0 Å². The van der Waals surface area contributed by atoms with Crippen LogP contribution >= 0.6 is 0 Å². The number of hydrogen-bond acceptors (Lipinski definition) is 4. The zero-order chi connectivity index (χ0) is 13.9. The van der Waals surface area contributed by atoms with Gasteiger partial charge in [-0.25, -0.2) is 0 Å². The number of para-hydroxylation sites is 1. The summed E-state index contributed by atoms with van der Waals surface area (Å²) < 4.78 is 10.6. The van der Waals surface area contributed by atoms with Crippen LogP contribution in [-0.4, -0.2) is 25.2 Å². The fourth-order valence-electron chi connectivity index (χ4n) is 2.43. The molecule has 0 radical (unpaired) electrons. The second-order valence-electron chi connectivity index (χ2n) is 5.44. The molecule has 104 valence electrons. The van der Waals surface area contributed by atoms with E-state index in [1.165, 1.54) is 7.11 Å². The second kappa shape index (κ2) is 5.61. The number of ether oxygens (including phenoxy) is 2. The van der Waals surface area contributed by atoms with Crippen LogP contribution in [0.2, 0.25) is 0 Å². The SMILES string of the molecule is COC(=O)CCNC1CC(C)(C)Oc2ccccc21. The van der Waals surface area contributed by atoms with Crippen LogP contribution in [0.1, 0.15) is 38.3 Å². The molecule has 1 aromatic carbocycles. The molecule has 4 nitrogen and oxygen atoms in total. The Balaban J connectivity index is 2.05. The van der Waals surface area contributed by atoms with Gasteiger partial charge >= 0.3 is 5.97 Å². The molecule has 1 atom stereocenters. The third-order valence-corrected chi connectivity index (χ3v) is 3.32. The van der Waals surface area contributed by atoms with Gasteiger partial charge in [0.1, 0.15) is 11.4 Å². The Morgan fingerprint density at radius 1 is 1.47 bits per heavy atom. The van der Waals surface area contributed by atoms with Crippen molar-refractivity contribution in [1.29, 1.82) is 0 Å². The summed E-state index contributed by atoms with van der Waals surface area (Å²) in [5, 5.41) is 3.42. The smallest absolute Gasteiger partial charge is 0.306 e. The van der Waals surface area contributed by atoms with Crippen LogP contribution in [0.15, 0.2) is 24.3 Å². The molecule has 19 heavy (non-hydrogen) atoms. The lowest BCUT2D eigenvalue weighted by Crippen LogP contribution is -2.40.